The topological polar surface area (TPSA) is 29.3 Å². The lowest BCUT2D eigenvalue weighted by Crippen LogP contribution is -2.41. The van der Waals surface area contributed by atoms with Gasteiger partial charge < -0.3 is 5.73 Å². The zero-order chi connectivity index (χ0) is 9.26. The van der Waals surface area contributed by atoms with Gasteiger partial charge in [-0.2, -0.15) is 0 Å². The van der Waals surface area contributed by atoms with Gasteiger partial charge in [-0.15, -0.1) is 12.4 Å². The van der Waals surface area contributed by atoms with E-state index in [1.807, 2.05) is 0 Å². The average molecular weight is 219 g/mol. The second kappa shape index (κ2) is 5.34. The molecule has 0 spiro atoms. The molecule has 2 unspecified atom stereocenters. The zero-order valence-corrected chi connectivity index (χ0v) is 9.93. The van der Waals surface area contributed by atoms with Gasteiger partial charge in [0.2, 0.25) is 0 Å². The van der Waals surface area contributed by atoms with Crippen LogP contribution in [0, 0.1) is 5.92 Å². The van der Waals surface area contributed by atoms with Crippen LogP contribution < -0.4 is 5.73 Å². The molecule has 0 aromatic heterocycles. The van der Waals surface area contributed by atoms with Crippen LogP contribution in [0.25, 0.3) is 0 Å². The monoisotopic (exact) mass is 218 g/mol. The molecular formula is C11H23ClN2. The van der Waals surface area contributed by atoms with E-state index in [2.05, 4.69) is 11.8 Å². The van der Waals surface area contributed by atoms with E-state index in [1.54, 1.807) is 0 Å². The summed E-state index contributed by atoms with van der Waals surface area (Å²) in [6.07, 6.45) is 6.92. The minimum Gasteiger partial charge on any atom is -0.326 e. The summed E-state index contributed by atoms with van der Waals surface area (Å²) >= 11 is 0. The van der Waals surface area contributed by atoms with Crippen LogP contribution in [0.4, 0.5) is 0 Å². The van der Waals surface area contributed by atoms with Crippen molar-refractivity contribution in [1.29, 1.82) is 0 Å². The standard InChI is InChI=1S/C11H22N2.ClH/c1-9-4-2-3-5-11(9)13-7-6-10(12)8-13;/h9-11H,2-8,12H2,1H3;1H/t9?,10-,11?;/m0./s1. The summed E-state index contributed by atoms with van der Waals surface area (Å²) in [5.41, 5.74) is 5.94. The minimum absolute atomic E-state index is 0. The second-order valence-corrected chi connectivity index (χ2v) is 4.87. The molecule has 1 heterocycles. The Kier molecular flexibility index (Phi) is 4.68. The maximum Gasteiger partial charge on any atom is 0.0180 e. The Morgan fingerprint density at radius 3 is 2.43 bits per heavy atom. The molecule has 1 saturated heterocycles. The Morgan fingerprint density at radius 2 is 1.86 bits per heavy atom. The van der Waals surface area contributed by atoms with Crippen molar-refractivity contribution >= 4 is 12.4 Å². The molecule has 0 bridgehead atoms. The Balaban J connectivity index is 0.000000980. The maximum absolute atomic E-state index is 5.94. The third kappa shape index (κ3) is 2.62. The molecule has 0 aromatic carbocycles. The highest BCUT2D eigenvalue weighted by Gasteiger charge is 2.30. The van der Waals surface area contributed by atoms with E-state index in [0.717, 1.165) is 18.5 Å². The molecule has 14 heavy (non-hydrogen) atoms. The molecule has 2 nitrogen and oxygen atoms in total. The van der Waals surface area contributed by atoms with Gasteiger partial charge in [-0.1, -0.05) is 19.8 Å². The molecule has 0 radical (unpaired) electrons. The molecular weight excluding hydrogens is 196 g/mol. The molecule has 3 atom stereocenters. The van der Waals surface area contributed by atoms with E-state index in [1.165, 1.54) is 38.6 Å². The zero-order valence-electron chi connectivity index (χ0n) is 9.11. The van der Waals surface area contributed by atoms with Crippen molar-refractivity contribution in [3.63, 3.8) is 0 Å². The summed E-state index contributed by atoms with van der Waals surface area (Å²) in [5.74, 6) is 0.902. The highest BCUT2D eigenvalue weighted by atomic mass is 35.5. The molecule has 2 fully saturated rings. The van der Waals surface area contributed by atoms with Crippen molar-refractivity contribution in [3.8, 4) is 0 Å². The molecule has 2 rings (SSSR count). The largest absolute Gasteiger partial charge is 0.326 e. The predicted octanol–water partition coefficient (Wildman–Crippen LogP) is 2.02. The smallest absolute Gasteiger partial charge is 0.0180 e. The first-order chi connectivity index (χ1) is 6.27. The van der Waals surface area contributed by atoms with Crippen molar-refractivity contribution in [2.24, 2.45) is 11.7 Å². The van der Waals surface area contributed by atoms with Gasteiger partial charge in [0.25, 0.3) is 0 Å². The minimum atomic E-state index is 0. The van der Waals surface area contributed by atoms with Crippen molar-refractivity contribution in [2.75, 3.05) is 13.1 Å². The third-order valence-electron chi connectivity index (χ3n) is 3.79. The highest BCUT2D eigenvalue weighted by Crippen LogP contribution is 2.29. The molecule has 0 aromatic rings. The van der Waals surface area contributed by atoms with Gasteiger partial charge in [0.15, 0.2) is 0 Å². The molecule has 1 aliphatic carbocycles. The predicted molar refractivity (Wildman–Crippen MR) is 62.8 cm³/mol. The van der Waals surface area contributed by atoms with Crippen LogP contribution in [0.15, 0.2) is 0 Å². The third-order valence-corrected chi connectivity index (χ3v) is 3.79. The van der Waals surface area contributed by atoms with Crippen molar-refractivity contribution < 1.29 is 0 Å². The quantitative estimate of drug-likeness (QED) is 0.730. The summed E-state index contributed by atoms with van der Waals surface area (Å²) in [6, 6.07) is 1.30. The number of nitrogens with zero attached hydrogens (tertiary/aromatic N) is 1. The first kappa shape index (κ1) is 12.3. The summed E-state index contributed by atoms with van der Waals surface area (Å²) in [6.45, 7) is 4.80. The van der Waals surface area contributed by atoms with E-state index >= 15 is 0 Å². The summed E-state index contributed by atoms with van der Waals surface area (Å²) in [4.78, 5) is 2.63. The first-order valence-corrected chi connectivity index (χ1v) is 5.77. The van der Waals surface area contributed by atoms with Crippen molar-refractivity contribution in [3.05, 3.63) is 0 Å². The number of hydrogen-bond acceptors (Lipinski definition) is 2. The van der Waals surface area contributed by atoms with Crippen LogP contribution in [-0.4, -0.2) is 30.1 Å². The van der Waals surface area contributed by atoms with Gasteiger partial charge in [0.05, 0.1) is 0 Å². The number of hydrogen-bond donors (Lipinski definition) is 1. The van der Waals surface area contributed by atoms with Crippen molar-refractivity contribution in [2.45, 2.75) is 51.1 Å². The summed E-state index contributed by atoms with van der Waals surface area (Å²) in [5, 5.41) is 0. The Labute approximate surface area is 93.6 Å². The molecule has 1 aliphatic heterocycles. The SMILES string of the molecule is CC1CCCCC1N1CC[C@H](N)C1.Cl. The number of halogens is 1. The fraction of sp³-hybridized carbons (Fsp3) is 1.00. The van der Waals surface area contributed by atoms with Gasteiger partial charge in [-0.3, -0.25) is 4.90 Å². The Morgan fingerprint density at radius 1 is 1.14 bits per heavy atom. The number of likely N-dealkylation sites (tertiary alicyclic amines) is 1. The number of rotatable bonds is 1. The first-order valence-electron chi connectivity index (χ1n) is 5.77. The van der Waals surface area contributed by atoms with Crippen LogP contribution in [0.2, 0.25) is 0 Å². The molecule has 2 aliphatic rings. The summed E-state index contributed by atoms with van der Waals surface area (Å²) in [7, 11) is 0. The fourth-order valence-electron chi connectivity index (χ4n) is 2.96. The van der Waals surface area contributed by atoms with E-state index in [9.17, 15) is 0 Å². The lowest BCUT2D eigenvalue weighted by molar-refractivity contribution is 0.137. The van der Waals surface area contributed by atoms with Crippen LogP contribution in [0.5, 0.6) is 0 Å². The van der Waals surface area contributed by atoms with Crippen molar-refractivity contribution in [1.82, 2.24) is 4.90 Å². The molecule has 1 saturated carbocycles. The maximum atomic E-state index is 5.94. The molecule has 0 amide bonds. The highest BCUT2D eigenvalue weighted by molar-refractivity contribution is 5.85. The number of nitrogens with two attached hydrogens (primary N) is 1. The van der Waals surface area contributed by atoms with Gasteiger partial charge >= 0.3 is 0 Å². The normalized spacial score (nSPS) is 39.4. The Hall–Kier alpha value is 0.210. The molecule has 2 N–H and O–H groups in total. The Bertz CT molecular complexity index is 175. The van der Waals surface area contributed by atoms with Crippen LogP contribution in [-0.2, 0) is 0 Å². The molecule has 3 heteroatoms. The van der Waals surface area contributed by atoms with E-state index in [-0.39, 0.29) is 12.4 Å². The van der Waals surface area contributed by atoms with Gasteiger partial charge in [-0.25, -0.2) is 0 Å². The fourth-order valence-corrected chi connectivity index (χ4v) is 2.96. The van der Waals surface area contributed by atoms with Crippen LogP contribution >= 0.6 is 12.4 Å². The van der Waals surface area contributed by atoms with E-state index in [4.69, 9.17) is 5.73 Å². The lowest BCUT2D eigenvalue weighted by atomic mass is 9.85. The van der Waals surface area contributed by atoms with E-state index in [0.29, 0.717) is 6.04 Å². The summed E-state index contributed by atoms with van der Waals surface area (Å²) < 4.78 is 0. The van der Waals surface area contributed by atoms with Gasteiger partial charge in [0.1, 0.15) is 0 Å². The van der Waals surface area contributed by atoms with Crippen LogP contribution in [0.1, 0.15) is 39.0 Å². The second-order valence-electron chi connectivity index (χ2n) is 4.87. The van der Waals surface area contributed by atoms with Gasteiger partial charge in [-0.05, 0) is 25.2 Å². The molecule has 84 valence electrons. The average Bonchev–Trinajstić information content (AvgIpc) is 2.53. The van der Waals surface area contributed by atoms with E-state index < -0.39 is 0 Å². The van der Waals surface area contributed by atoms with Gasteiger partial charge in [0, 0.05) is 25.2 Å². The van der Waals surface area contributed by atoms with Crippen LogP contribution in [0.3, 0.4) is 0 Å². The lowest BCUT2D eigenvalue weighted by Gasteiger charge is -2.36.